The van der Waals surface area contributed by atoms with Crippen LogP contribution in [0, 0.1) is 5.92 Å². The lowest BCUT2D eigenvalue weighted by Gasteiger charge is -2.16. The van der Waals surface area contributed by atoms with Gasteiger partial charge in [0.1, 0.15) is 4.90 Å². The van der Waals surface area contributed by atoms with Crippen molar-refractivity contribution in [3.63, 3.8) is 0 Å². The van der Waals surface area contributed by atoms with Crippen LogP contribution in [0.2, 0.25) is 0 Å². The summed E-state index contributed by atoms with van der Waals surface area (Å²) in [5.41, 5.74) is 5.43. The molecule has 7 nitrogen and oxygen atoms in total. The molecule has 120 valence electrons. The number of aromatic nitrogens is 2. The summed E-state index contributed by atoms with van der Waals surface area (Å²) in [5.74, 6) is 0.247. The Morgan fingerprint density at radius 2 is 2.38 bits per heavy atom. The van der Waals surface area contributed by atoms with Crippen LogP contribution in [0.25, 0.3) is 0 Å². The molecule has 0 spiro atoms. The summed E-state index contributed by atoms with van der Waals surface area (Å²) in [6.45, 7) is 4.36. The van der Waals surface area contributed by atoms with Gasteiger partial charge in [0.25, 0.3) is 0 Å². The molecule has 1 aliphatic heterocycles. The van der Waals surface area contributed by atoms with Crippen LogP contribution in [-0.2, 0) is 21.3 Å². The van der Waals surface area contributed by atoms with Crippen molar-refractivity contribution in [2.45, 2.75) is 43.7 Å². The van der Waals surface area contributed by atoms with Crippen LogP contribution in [0.4, 0.5) is 0 Å². The first-order valence-electron chi connectivity index (χ1n) is 7.40. The number of hydrogen-bond acceptors (Lipinski definition) is 5. The van der Waals surface area contributed by atoms with E-state index in [2.05, 4.69) is 16.7 Å². The number of nitrogens with one attached hydrogen (secondary N) is 1. The second-order valence-corrected chi connectivity index (χ2v) is 7.07. The van der Waals surface area contributed by atoms with Crippen molar-refractivity contribution in [3.8, 4) is 0 Å². The van der Waals surface area contributed by atoms with E-state index >= 15 is 0 Å². The van der Waals surface area contributed by atoms with E-state index in [1.807, 2.05) is 0 Å². The van der Waals surface area contributed by atoms with Crippen LogP contribution in [0.15, 0.2) is 17.3 Å². The number of aryl methyl sites for hydroxylation is 1. The van der Waals surface area contributed by atoms with Gasteiger partial charge in [-0.2, -0.15) is 5.10 Å². The average molecular weight is 316 g/mol. The zero-order valence-electron chi connectivity index (χ0n) is 12.4. The Morgan fingerprint density at radius 3 is 3.10 bits per heavy atom. The zero-order chi connectivity index (χ0) is 15.3. The molecule has 1 aliphatic rings. The van der Waals surface area contributed by atoms with Gasteiger partial charge >= 0.3 is 0 Å². The molecule has 0 amide bonds. The maximum absolute atomic E-state index is 12.2. The predicted molar refractivity (Wildman–Crippen MR) is 79.2 cm³/mol. The Labute approximate surface area is 125 Å². The van der Waals surface area contributed by atoms with Gasteiger partial charge in [0.15, 0.2) is 0 Å². The van der Waals surface area contributed by atoms with E-state index in [0.717, 1.165) is 19.3 Å². The summed E-state index contributed by atoms with van der Waals surface area (Å²) in [6, 6.07) is 0. The zero-order valence-corrected chi connectivity index (χ0v) is 13.2. The van der Waals surface area contributed by atoms with Gasteiger partial charge in [-0.05, 0) is 25.8 Å². The fourth-order valence-electron chi connectivity index (χ4n) is 2.54. The molecule has 1 saturated heterocycles. The molecule has 0 bridgehead atoms. The summed E-state index contributed by atoms with van der Waals surface area (Å²) in [6.07, 6.45) is 5.65. The van der Waals surface area contributed by atoms with Crippen LogP contribution in [0.3, 0.4) is 0 Å². The van der Waals surface area contributed by atoms with Crippen LogP contribution in [-0.4, -0.2) is 44.0 Å². The molecule has 0 saturated carbocycles. The number of sulfonamides is 1. The lowest BCUT2D eigenvalue weighted by molar-refractivity contribution is 0.0884. The summed E-state index contributed by atoms with van der Waals surface area (Å²) in [4.78, 5) is 0.200. The number of nitrogens with two attached hydrogens (primary N) is 1. The van der Waals surface area contributed by atoms with E-state index < -0.39 is 10.0 Å². The largest absolute Gasteiger partial charge is 0.378 e. The summed E-state index contributed by atoms with van der Waals surface area (Å²) in [7, 11) is -3.50. The molecule has 2 unspecified atom stereocenters. The Kier molecular flexibility index (Phi) is 5.74. The highest BCUT2D eigenvalue weighted by atomic mass is 32.2. The minimum absolute atomic E-state index is 0.153. The van der Waals surface area contributed by atoms with Gasteiger partial charge in [0.2, 0.25) is 10.0 Å². The highest BCUT2D eigenvalue weighted by Crippen LogP contribution is 2.23. The summed E-state index contributed by atoms with van der Waals surface area (Å²) >= 11 is 0. The topological polar surface area (TPSA) is 99.2 Å². The lowest BCUT2D eigenvalue weighted by Crippen LogP contribution is -2.32. The molecule has 3 N–H and O–H groups in total. The first kappa shape index (κ1) is 16.4. The molecule has 0 aromatic carbocycles. The van der Waals surface area contributed by atoms with E-state index in [4.69, 9.17) is 10.5 Å². The Morgan fingerprint density at radius 1 is 1.57 bits per heavy atom. The van der Waals surface area contributed by atoms with Crippen LogP contribution in [0.5, 0.6) is 0 Å². The van der Waals surface area contributed by atoms with Gasteiger partial charge in [0, 0.05) is 31.8 Å². The fourth-order valence-corrected chi connectivity index (χ4v) is 3.58. The first-order chi connectivity index (χ1) is 10.1. The van der Waals surface area contributed by atoms with Crippen LogP contribution < -0.4 is 10.5 Å². The molecule has 21 heavy (non-hydrogen) atoms. The van der Waals surface area contributed by atoms with Gasteiger partial charge in [-0.15, -0.1) is 0 Å². The van der Waals surface area contributed by atoms with Crippen LogP contribution >= 0.6 is 0 Å². The second kappa shape index (κ2) is 7.35. The molecule has 0 aliphatic carbocycles. The van der Waals surface area contributed by atoms with E-state index in [9.17, 15) is 8.42 Å². The van der Waals surface area contributed by atoms with E-state index in [-0.39, 0.29) is 16.9 Å². The van der Waals surface area contributed by atoms with Gasteiger partial charge in [-0.25, -0.2) is 13.1 Å². The molecule has 2 heterocycles. The van der Waals surface area contributed by atoms with E-state index in [1.165, 1.54) is 6.20 Å². The van der Waals surface area contributed by atoms with Gasteiger partial charge in [-0.1, -0.05) is 6.92 Å². The number of hydrogen-bond donors (Lipinski definition) is 2. The average Bonchev–Trinajstić information content (AvgIpc) is 3.12. The van der Waals surface area contributed by atoms with Crippen molar-refractivity contribution in [1.82, 2.24) is 14.5 Å². The van der Waals surface area contributed by atoms with Gasteiger partial charge in [0.05, 0.1) is 12.3 Å². The molecule has 2 atom stereocenters. The SMILES string of the molecule is CCC1OCCC1CNS(=O)(=O)c1cnn(CCCN)c1. The maximum atomic E-state index is 12.2. The second-order valence-electron chi connectivity index (χ2n) is 5.30. The molecule has 2 rings (SSSR count). The molecule has 8 heteroatoms. The molecule has 1 aromatic rings. The summed E-state index contributed by atoms with van der Waals surface area (Å²) in [5, 5.41) is 4.05. The molecular weight excluding hydrogens is 292 g/mol. The fraction of sp³-hybridized carbons (Fsp3) is 0.769. The number of ether oxygens (including phenoxy) is 1. The van der Waals surface area contributed by atoms with Crippen LogP contribution in [0.1, 0.15) is 26.2 Å². The number of rotatable bonds is 8. The van der Waals surface area contributed by atoms with Gasteiger partial charge in [-0.3, -0.25) is 4.68 Å². The lowest BCUT2D eigenvalue weighted by atomic mass is 10.0. The highest BCUT2D eigenvalue weighted by Gasteiger charge is 2.28. The summed E-state index contributed by atoms with van der Waals surface area (Å²) < 4.78 is 34.3. The molecular formula is C13H24N4O3S. The van der Waals surface area contributed by atoms with E-state index in [0.29, 0.717) is 26.2 Å². The van der Waals surface area contributed by atoms with Crippen molar-refractivity contribution in [3.05, 3.63) is 12.4 Å². The third kappa shape index (κ3) is 4.26. The maximum Gasteiger partial charge on any atom is 0.243 e. The number of nitrogens with zero attached hydrogens (tertiary/aromatic N) is 2. The molecule has 1 fully saturated rings. The Hall–Kier alpha value is -0.960. The highest BCUT2D eigenvalue weighted by molar-refractivity contribution is 7.89. The van der Waals surface area contributed by atoms with Crippen molar-refractivity contribution in [1.29, 1.82) is 0 Å². The molecule has 1 aromatic heterocycles. The smallest absolute Gasteiger partial charge is 0.243 e. The third-order valence-electron chi connectivity index (χ3n) is 3.80. The van der Waals surface area contributed by atoms with Gasteiger partial charge < -0.3 is 10.5 Å². The molecule has 0 radical (unpaired) electrons. The quantitative estimate of drug-likeness (QED) is 0.720. The standard InChI is InChI=1S/C13H24N4O3S/c1-2-13-11(4-7-20-13)8-16-21(18,19)12-9-15-17(10-12)6-3-5-14/h9-11,13,16H,2-8,14H2,1H3. The Balaban J connectivity index is 1.93. The predicted octanol–water partition coefficient (Wildman–Crippen LogP) is 0.325. The first-order valence-corrected chi connectivity index (χ1v) is 8.89. The van der Waals surface area contributed by atoms with Crippen molar-refractivity contribution in [2.24, 2.45) is 11.7 Å². The monoisotopic (exact) mass is 316 g/mol. The van der Waals surface area contributed by atoms with Crippen molar-refractivity contribution in [2.75, 3.05) is 19.7 Å². The minimum atomic E-state index is -3.50. The van der Waals surface area contributed by atoms with E-state index in [1.54, 1.807) is 10.9 Å². The normalized spacial score (nSPS) is 22.8. The van der Waals surface area contributed by atoms with Crippen molar-refractivity contribution >= 4 is 10.0 Å². The third-order valence-corrected chi connectivity index (χ3v) is 5.17. The minimum Gasteiger partial charge on any atom is -0.378 e. The van der Waals surface area contributed by atoms with Crippen molar-refractivity contribution < 1.29 is 13.2 Å². The Bertz CT molecular complexity index is 543.